The Kier molecular flexibility index (Phi) is 14.6. The fourth-order valence-electron chi connectivity index (χ4n) is 7.90. The van der Waals surface area contributed by atoms with Crippen molar-refractivity contribution >= 4 is 31.3 Å². The molecule has 1 aliphatic rings. The Labute approximate surface area is 364 Å². The number of carbonyl (C=O) groups is 1. The molecule has 62 heavy (non-hydrogen) atoms. The fraction of sp³-hybridized carbons (Fsp3) is 0.333. The van der Waals surface area contributed by atoms with Crippen molar-refractivity contribution < 1.29 is 32.8 Å². The van der Waals surface area contributed by atoms with E-state index in [-0.39, 0.29) is 37.6 Å². The summed E-state index contributed by atoms with van der Waals surface area (Å²) in [5, 5.41) is 13.1. The van der Waals surface area contributed by atoms with Gasteiger partial charge in [-0.2, -0.15) is 5.26 Å². The van der Waals surface area contributed by atoms with Crippen molar-refractivity contribution in [2.75, 3.05) is 32.8 Å². The van der Waals surface area contributed by atoms with Gasteiger partial charge in [-0.25, -0.2) is 14.6 Å². The van der Waals surface area contributed by atoms with Crippen LogP contribution in [-0.4, -0.2) is 76.8 Å². The molecule has 4 atom stereocenters. The first kappa shape index (κ1) is 44.3. The van der Waals surface area contributed by atoms with E-state index in [1.807, 2.05) is 102 Å². The fourth-order valence-corrected chi connectivity index (χ4v) is 9.65. The summed E-state index contributed by atoms with van der Waals surface area (Å²) >= 11 is 0. The number of rotatable bonds is 19. The molecule has 0 radical (unpaired) electrons. The van der Waals surface area contributed by atoms with Gasteiger partial charge in [-0.1, -0.05) is 72.8 Å². The van der Waals surface area contributed by atoms with Crippen molar-refractivity contribution in [2.24, 2.45) is 0 Å². The Morgan fingerprint density at radius 3 is 2.05 bits per heavy atom. The van der Waals surface area contributed by atoms with Crippen LogP contribution < -0.4 is 14.8 Å². The van der Waals surface area contributed by atoms with Gasteiger partial charge in [0.2, 0.25) is 0 Å². The zero-order valence-electron chi connectivity index (χ0n) is 35.9. The van der Waals surface area contributed by atoms with E-state index in [4.69, 9.17) is 28.0 Å². The summed E-state index contributed by atoms with van der Waals surface area (Å²) in [5.41, 5.74) is 2.67. The first-order chi connectivity index (χ1) is 30.2. The number of anilines is 1. The molecule has 4 aromatic carbocycles. The van der Waals surface area contributed by atoms with Crippen LogP contribution in [0.5, 0.6) is 11.5 Å². The average Bonchev–Trinajstić information content (AvgIpc) is 3.92. The lowest BCUT2D eigenvalue weighted by atomic mass is 9.80. The molecule has 1 amide bonds. The molecule has 0 saturated carbocycles. The number of fused-ring (bicyclic) bond motifs is 1. The largest absolute Gasteiger partial charge is 0.497 e. The third-order valence-corrected chi connectivity index (χ3v) is 12.9. The van der Waals surface area contributed by atoms with Crippen molar-refractivity contribution in [1.29, 1.82) is 5.26 Å². The summed E-state index contributed by atoms with van der Waals surface area (Å²) < 4.78 is 43.2. The van der Waals surface area contributed by atoms with Crippen LogP contribution in [0.4, 0.5) is 5.82 Å². The van der Waals surface area contributed by atoms with Crippen molar-refractivity contribution in [3.05, 3.63) is 150 Å². The van der Waals surface area contributed by atoms with Gasteiger partial charge in [0.15, 0.2) is 0 Å². The number of nitrogens with one attached hydrogen (secondary N) is 1. The third kappa shape index (κ3) is 9.67. The average molecular weight is 857 g/mol. The van der Waals surface area contributed by atoms with E-state index in [2.05, 4.69) is 65.9 Å². The van der Waals surface area contributed by atoms with Crippen LogP contribution in [0, 0.1) is 11.3 Å². The number of aromatic nitrogens is 3. The van der Waals surface area contributed by atoms with E-state index >= 15 is 0 Å². The normalized spacial score (nSPS) is 17.1. The molecule has 3 heterocycles. The van der Waals surface area contributed by atoms with Crippen LogP contribution >= 0.6 is 8.53 Å². The van der Waals surface area contributed by atoms with Gasteiger partial charge in [0.1, 0.15) is 47.2 Å². The highest BCUT2D eigenvalue weighted by atomic mass is 31.2. The topological polar surface area (TPSA) is 142 Å². The summed E-state index contributed by atoms with van der Waals surface area (Å²) in [6.07, 6.45) is 2.30. The maximum absolute atomic E-state index is 13.2. The molecule has 1 N–H and O–H groups in total. The van der Waals surface area contributed by atoms with Gasteiger partial charge >= 0.3 is 0 Å². The van der Waals surface area contributed by atoms with Crippen LogP contribution in [-0.2, 0) is 24.1 Å². The van der Waals surface area contributed by atoms with E-state index in [1.165, 1.54) is 6.33 Å². The lowest BCUT2D eigenvalue weighted by Gasteiger charge is -2.39. The number of hydrogen-bond donors (Lipinski definition) is 1. The first-order valence-electron chi connectivity index (χ1n) is 20.7. The van der Waals surface area contributed by atoms with E-state index in [0.29, 0.717) is 28.8 Å². The molecule has 7 rings (SSSR count). The van der Waals surface area contributed by atoms with Gasteiger partial charge in [-0.15, -0.1) is 0 Å². The minimum Gasteiger partial charge on any atom is -0.497 e. The second-order valence-corrected chi connectivity index (χ2v) is 16.8. The molecule has 1 saturated heterocycles. The van der Waals surface area contributed by atoms with Gasteiger partial charge in [0, 0.05) is 30.3 Å². The highest BCUT2D eigenvalue weighted by Crippen LogP contribution is 2.51. The van der Waals surface area contributed by atoms with E-state index in [1.54, 1.807) is 26.4 Å². The van der Waals surface area contributed by atoms with Crippen LogP contribution in [0.25, 0.3) is 11.0 Å². The van der Waals surface area contributed by atoms with Crippen molar-refractivity contribution in [1.82, 2.24) is 19.2 Å². The number of nitriles is 1. The van der Waals surface area contributed by atoms with Crippen LogP contribution in [0.15, 0.2) is 128 Å². The van der Waals surface area contributed by atoms with Crippen molar-refractivity contribution in [3.63, 3.8) is 0 Å². The molecule has 322 valence electrons. The maximum Gasteiger partial charge on any atom is 0.259 e. The summed E-state index contributed by atoms with van der Waals surface area (Å²) in [6, 6.07) is 39.2. The highest BCUT2D eigenvalue weighted by molar-refractivity contribution is 7.44. The Bertz CT molecular complexity index is 2350. The van der Waals surface area contributed by atoms with Crippen LogP contribution in [0.3, 0.4) is 0 Å². The smallest absolute Gasteiger partial charge is 0.259 e. The van der Waals surface area contributed by atoms with Crippen LogP contribution in [0.1, 0.15) is 73.8 Å². The third-order valence-electron chi connectivity index (χ3n) is 10.8. The predicted octanol–water partition coefficient (Wildman–Crippen LogP) is 9.66. The maximum atomic E-state index is 13.2. The number of amides is 1. The number of methoxy groups -OCH3 is 2. The number of hydrogen-bond acceptors (Lipinski definition) is 11. The number of ether oxygens (including phenoxy) is 4. The Balaban J connectivity index is 1.28. The molecule has 14 heteroatoms. The summed E-state index contributed by atoms with van der Waals surface area (Å²) in [7, 11) is 1.65. The molecule has 1 aliphatic heterocycles. The molecule has 0 aliphatic carbocycles. The van der Waals surface area contributed by atoms with Gasteiger partial charge in [-0.3, -0.25) is 4.79 Å². The lowest BCUT2D eigenvalue weighted by molar-refractivity contribution is -0.0911. The zero-order valence-corrected chi connectivity index (χ0v) is 36.8. The summed E-state index contributed by atoms with van der Waals surface area (Å²) in [5.74, 6) is 1.55. The Hall–Kier alpha value is -5.71. The minimum atomic E-state index is -1.65. The van der Waals surface area contributed by atoms with E-state index in [9.17, 15) is 10.1 Å². The molecule has 0 bridgehead atoms. The zero-order chi connectivity index (χ0) is 43.6. The molecular formula is C48H53N6O7P. The second kappa shape index (κ2) is 20.4. The standard InChI is InChI=1S/C48H53N6O7P/c1-33(2)54(34(3)4)62(59-29-13-27-49)61-42-30-44(53-28-26-41-45(50-32-51-46(41)53)52-47(55)35-14-9-7-10-15-35)60-43(42)31-58-48(36-16-11-8-12-17-36,37-18-22-39(56-5)23-19-37)38-20-24-40(57-6)25-21-38/h7-12,14-26,28,32-34,42-44H,13,29-31H2,1-6H3,(H,50,51,52,55)/t42-,43+,44+,62?/m0/s1. The first-order valence-corrected chi connectivity index (χ1v) is 21.9. The van der Waals surface area contributed by atoms with Crippen molar-refractivity contribution in [2.45, 2.75) is 76.7 Å². The predicted molar refractivity (Wildman–Crippen MR) is 239 cm³/mol. The summed E-state index contributed by atoms with van der Waals surface area (Å²) in [6.45, 7) is 8.76. The highest BCUT2D eigenvalue weighted by Gasteiger charge is 2.45. The van der Waals surface area contributed by atoms with E-state index in [0.717, 1.165) is 28.2 Å². The SMILES string of the molecule is COc1ccc(C(OC[C@H]2O[C@@H](n3ccc4c(NC(=O)c5ccccc5)ncnc43)C[C@@H]2OP(OCCC#N)N(C(C)C)C(C)C)(c2ccccc2)c2ccc(OC)cc2)cc1. The van der Waals surface area contributed by atoms with Gasteiger partial charge < -0.3 is 37.9 Å². The molecular weight excluding hydrogens is 804 g/mol. The summed E-state index contributed by atoms with van der Waals surface area (Å²) in [4.78, 5) is 22.3. The number of carbonyl (C=O) groups excluding carboxylic acids is 1. The quantitative estimate of drug-likeness (QED) is 0.0473. The molecule has 13 nitrogen and oxygen atoms in total. The van der Waals surface area contributed by atoms with E-state index < -0.39 is 32.6 Å². The lowest BCUT2D eigenvalue weighted by Crippen LogP contribution is -2.39. The Morgan fingerprint density at radius 1 is 0.871 bits per heavy atom. The molecule has 1 fully saturated rings. The van der Waals surface area contributed by atoms with Gasteiger partial charge in [0.25, 0.3) is 14.4 Å². The second-order valence-electron chi connectivity index (χ2n) is 15.4. The minimum absolute atomic E-state index is 0.0847. The molecule has 0 spiro atoms. The Morgan fingerprint density at radius 2 is 1.47 bits per heavy atom. The number of benzene rings is 4. The van der Waals surface area contributed by atoms with Crippen LogP contribution in [0.2, 0.25) is 0 Å². The van der Waals surface area contributed by atoms with Gasteiger partial charge in [0.05, 0.1) is 51.4 Å². The molecule has 2 aromatic heterocycles. The number of nitrogens with zero attached hydrogens (tertiary/aromatic N) is 5. The van der Waals surface area contributed by atoms with Crippen molar-refractivity contribution in [3.8, 4) is 17.6 Å². The molecule has 6 aromatic rings. The molecule has 1 unspecified atom stereocenters. The van der Waals surface area contributed by atoms with Gasteiger partial charge in [-0.05, 0) is 86.8 Å². The monoisotopic (exact) mass is 856 g/mol.